The molecule has 0 aliphatic carbocycles. The maximum Gasteiger partial charge on any atom is 0.121 e. The lowest BCUT2D eigenvalue weighted by atomic mass is 10.1. The molecule has 96 valence electrons. The van der Waals surface area contributed by atoms with E-state index in [2.05, 4.69) is 18.3 Å². The maximum absolute atomic E-state index is 9.10. The minimum absolute atomic E-state index is 0.288. The van der Waals surface area contributed by atoms with Crippen LogP contribution in [0.2, 0.25) is 0 Å². The van der Waals surface area contributed by atoms with Gasteiger partial charge in [0.2, 0.25) is 0 Å². The van der Waals surface area contributed by atoms with Crippen LogP contribution in [-0.4, -0.2) is 24.2 Å². The van der Waals surface area contributed by atoms with Gasteiger partial charge in [0.15, 0.2) is 0 Å². The molecule has 1 aliphatic rings. The molecule has 0 saturated carbocycles. The van der Waals surface area contributed by atoms with Gasteiger partial charge in [0, 0.05) is 17.4 Å². The smallest absolute Gasteiger partial charge is 0.121 e. The van der Waals surface area contributed by atoms with Gasteiger partial charge >= 0.3 is 0 Å². The molecule has 1 N–H and O–H groups in total. The normalized spacial score (nSPS) is 22.5. The Bertz CT molecular complexity index is 461. The van der Waals surface area contributed by atoms with E-state index in [9.17, 15) is 0 Å². The van der Waals surface area contributed by atoms with Crippen LogP contribution >= 0.6 is 11.8 Å². The zero-order valence-electron chi connectivity index (χ0n) is 10.8. The first-order valence-electron chi connectivity index (χ1n) is 6.13. The number of thioether (sulfide) groups is 1. The molecule has 0 bridgehead atoms. The molecule has 1 atom stereocenters. The van der Waals surface area contributed by atoms with Gasteiger partial charge in [-0.15, -0.1) is 0 Å². The lowest BCUT2D eigenvalue weighted by Crippen LogP contribution is -2.27. The van der Waals surface area contributed by atoms with Gasteiger partial charge in [0.1, 0.15) is 11.8 Å². The third kappa shape index (κ3) is 2.91. The van der Waals surface area contributed by atoms with E-state index in [1.54, 1.807) is 13.2 Å². The van der Waals surface area contributed by atoms with Crippen molar-refractivity contribution >= 4 is 17.4 Å². The van der Waals surface area contributed by atoms with Gasteiger partial charge in [0.05, 0.1) is 18.4 Å². The van der Waals surface area contributed by atoms with E-state index in [-0.39, 0.29) is 4.75 Å². The molecule has 4 heteroatoms. The summed E-state index contributed by atoms with van der Waals surface area (Å²) in [5.41, 5.74) is 1.54. The number of nitrogens with zero attached hydrogens (tertiary/aromatic N) is 1. The minimum Gasteiger partial charge on any atom is -0.497 e. The molecule has 1 aromatic carbocycles. The Morgan fingerprint density at radius 2 is 2.39 bits per heavy atom. The molecule has 0 aromatic heterocycles. The van der Waals surface area contributed by atoms with Crippen molar-refractivity contribution in [1.29, 1.82) is 5.26 Å². The molecule has 3 nitrogen and oxygen atoms in total. The summed E-state index contributed by atoms with van der Waals surface area (Å²) in [5, 5.41) is 12.5. The van der Waals surface area contributed by atoms with Crippen molar-refractivity contribution in [3.05, 3.63) is 23.8 Å². The van der Waals surface area contributed by atoms with Gasteiger partial charge in [-0.2, -0.15) is 17.0 Å². The van der Waals surface area contributed by atoms with Crippen LogP contribution in [0.25, 0.3) is 0 Å². The number of methoxy groups -OCH3 is 1. The van der Waals surface area contributed by atoms with Crippen molar-refractivity contribution < 1.29 is 4.74 Å². The number of hydrogen-bond acceptors (Lipinski definition) is 4. The van der Waals surface area contributed by atoms with Crippen molar-refractivity contribution in [2.45, 2.75) is 24.5 Å². The van der Waals surface area contributed by atoms with E-state index in [0.29, 0.717) is 5.56 Å². The molecule has 0 radical (unpaired) electrons. The highest BCUT2D eigenvalue weighted by Gasteiger charge is 2.29. The van der Waals surface area contributed by atoms with Crippen LogP contribution in [-0.2, 0) is 0 Å². The SMILES string of the molecule is COc1ccc(C#N)c(NCC2(C)CCCS2)c1. The van der Waals surface area contributed by atoms with Crippen LogP contribution in [0.4, 0.5) is 5.69 Å². The predicted molar refractivity (Wildman–Crippen MR) is 76.3 cm³/mol. The Hall–Kier alpha value is -1.34. The fraction of sp³-hybridized carbons (Fsp3) is 0.500. The number of hydrogen-bond donors (Lipinski definition) is 1. The topological polar surface area (TPSA) is 45.0 Å². The number of benzene rings is 1. The monoisotopic (exact) mass is 262 g/mol. The Labute approximate surface area is 113 Å². The fourth-order valence-electron chi connectivity index (χ4n) is 2.15. The zero-order chi connectivity index (χ0) is 13.0. The lowest BCUT2D eigenvalue weighted by molar-refractivity contribution is 0.415. The van der Waals surface area contributed by atoms with E-state index in [0.717, 1.165) is 18.0 Å². The number of ether oxygens (including phenoxy) is 1. The molecule has 1 aromatic rings. The van der Waals surface area contributed by atoms with Gasteiger partial charge < -0.3 is 10.1 Å². The second-order valence-electron chi connectivity index (χ2n) is 4.78. The van der Waals surface area contributed by atoms with Crippen molar-refractivity contribution in [3.63, 3.8) is 0 Å². The molecule has 0 amide bonds. The highest BCUT2D eigenvalue weighted by molar-refractivity contribution is 8.00. The van der Waals surface area contributed by atoms with Crippen molar-refractivity contribution in [2.75, 3.05) is 24.7 Å². The standard InChI is InChI=1S/C14H18N2OS/c1-14(6-3-7-18-14)10-16-13-8-12(17-2)5-4-11(13)9-15/h4-5,8,16H,3,6-7,10H2,1-2H3. The molecule has 1 aliphatic heterocycles. The number of rotatable bonds is 4. The maximum atomic E-state index is 9.10. The first-order valence-corrected chi connectivity index (χ1v) is 7.11. The van der Waals surface area contributed by atoms with Crippen molar-refractivity contribution in [2.24, 2.45) is 0 Å². The van der Waals surface area contributed by atoms with E-state index in [4.69, 9.17) is 10.00 Å². The first kappa shape index (κ1) is 13.1. The summed E-state index contributed by atoms with van der Waals surface area (Å²) < 4.78 is 5.48. The van der Waals surface area contributed by atoms with Crippen LogP contribution in [0, 0.1) is 11.3 Å². The van der Waals surface area contributed by atoms with E-state index in [1.807, 2.05) is 23.9 Å². The van der Waals surface area contributed by atoms with Crippen LogP contribution in [0.1, 0.15) is 25.3 Å². The number of anilines is 1. The number of nitriles is 1. The molecule has 1 saturated heterocycles. The molecule has 0 spiro atoms. The molecule has 1 unspecified atom stereocenters. The summed E-state index contributed by atoms with van der Waals surface area (Å²) in [4.78, 5) is 0. The second-order valence-corrected chi connectivity index (χ2v) is 6.46. The van der Waals surface area contributed by atoms with Gasteiger partial charge in [-0.25, -0.2) is 0 Å². The van der Waals surface area contributed by atoms with Crippen LogP contribution in [0.5, 0.6) is 5.75 Å². The summed E-state index contributed by atoms with van der Waals surface area (Å²) in [6.45, 7) is 3.17. The molecule has 18 heavy (non-hydrogen) atoms. The minimum atomic E-state index is 0.288. The van der Waals surface area contributed by atoms with Crippen molar-refractivity contribution in [1.82, 2.24) is 0 Å². The van der Waals surface area contributed by atoms with Gasteiger partial charge in [-0.3, -0.25) is 0 Å². The van der Waals surface area contributed by atoms with E-state index < -0.39 is 0 Å². The molecule has 1 heterocycles. The Balaban J connectivity index is 2.10. The molecular weight excluding hydrogens is 244 g/mol. The van der Waals surface area contributed by atoms with E-state index >= 15 is 0 Å². The summed E-state index contributed by atoms with van der Waals surface area (Å²) >= 11 is 2.01. The van der Waals surface area contributed by atoms with Gasteiger partial charge in [-0.1, -0.05) is 0 Å². The second kappa shape index (κ2) is 5.53. The highest BCUT2D eigenvalue weighted by Crippen LogP contribution is 2.38. The quantitative estimate of drug-likeness (QED) is 0.904. The van der Waals surface area contributed by atoms with Gasteiger partial charge in [0.25, 0.3) is 0 Å². The van der Waals surface area contributed by atoms with E-state index in [1.165, 1.54) is 18.6 Å². The molecule has 1 fully saturated rings. The van der Waals surface area contributed by atoms with Gasteiger partial charge in [-0.05, 0) is 37.7 Å². The lowest BCUT2D eigenvalue weighted by Gasteiger charge is -2.24. The first-order chi connectivity index (χ1) is 8.67. The summed E-state index contributed by atoms with van der Waals surface area (Å²) in [6, 6.07) is 7.71. The fourth-order valence-corrected chi connectivity index (χ4v) is 3.40. The average Bonchev–Trinajstić information content (AvgIpc) is 2.83. The Morgan fingerprint density at radius 1 is 1.56 bits per heavy atom. The third-order valence-corrected chi connectivity index (χ3v) is 4.84. The third-order valence-electron chi connectivity index (χ3n) is 3.30. The Morgan fingerprint density at radius 3 is 3.00 bits per heavy atom. The summed E-state index contributed by atoms with van der Waals surface area (Å²) in [6.07, 6.45) is 2.52. The molecular formula is C14H18N2OS. The predicted octanol–water partition coefficient (Wildman–Crippen LogP) is 3.26. The van der Waals surface area contributed by atoms with Crippen LogP contribution in [0.15, 0.2) is 18.2 Å². The number of nitrogens with one attached hydrogen (secondary N) is 1. The Kier molecular flexibility index (Phi) is 4.03. The summed E-state index contributed by atoms with van der Waals surface area (Å²) in [5.74, 6) is 2.02. The van der Waals surface area contributed by atoms with Crippen LogP contribution in [0.3, 0.4) is 0 Å². The van der Waals surface area contributed by atoms with Crippen molar-refractivity contribution in [3.8, 4) is 11.8 Å². The zero-order valence-corrected chi connectivity index (χ0v) is 11.6. The summed E-state index contributed by atoms with van der Waals surface area (Å²) in [7, 11) is 1.64. The molecule has 2 rings (SSSR count). The average molecular weight is 262 g/mol. The largest absolute Gasteiger partial charge is 0.497 e. The van der Waals surface area contributed by atoms with Crippen LogP contribution < -0.4 is 10.1 Å². The highest BCUT2D eigenvalue weighted by atomic mass is 32.2.